The first-order valence-electron chi connectivity index (χ1n) is 40.4. The van der Waals surface area contributed by atoms with E-state index in [4.69, 9.17) is 9.97 Å². The van der Waals surface area contributed by atoms with Crippen LogP contribution in [-0.2, 0) is 0 Å². The van der Waals surface area contributed by atoms with Crippen molar-refractivity contribution in [2.24, 2.45) is 0 Å². The quantitative estimate of drug-likeness (QED) is 0.130. The van der Waals surface area contributed by atoms with Gasteiger partial charge in [-0.15, -0.1) is 0 Å². The number of benzene rings is 18. The van der Waals surface area contributed by atoms with Crippen LogP contribution >= 0.6 is 0 Å². The van der Waals surface area contributed by atoms with E-state index in [1.807, 2.05) is 0 Å². The van der Waals surface area contributed by atoms with Gasteiger partial charge in [0.15, 0.2) is 0 Å². The van der Waals surface area contributed by atoms with E-state index in [9.17, 15) is 0 Å². The summed E-state index contributed by atoms with van der Waals surface area (Å²) in [5.74, 6) is 0.579. The summed E-state index contributed by atoms with van der Waals surface area (Å²) >= 11 is 0. The van der Waals surface area contributed by atoms with E-state index in [2.05, 4.69) is 440 Å². The number of fused-ring (bicyclic) bond motifs is 19. The predicted octanol–water partition coefficient (Wildman–Crippen LogP) is 28.5. The summed E-state index contributed by atoms with van der Waals surface area (Å²) in [6.45, 7) is 0. The Balaban J connectivity index is 0.691. The van der Waals surface area contributed by atoms with E-state index in [1.165, 1.54) is 76.2 Å². The highest BCUT2D eigenvalue weighted by molar-refractivity contribution is 6.18. The molecule has 25 rings (SSSR count). The van der Waals surface area contributed by atoms with Gasteiger partial charge in [-0.25, -0.2) is 9.97 Å². The fourth-order valence-electron chi connectivity index (χ4n) is 19.5. The second-order valence-corrected chi connectivity index (χ2v) is 31.2. The summed E-state index contributed by atoms with van der Waals surface area (Å²) in [5, 5.41) is 15.2. The van der Waals surface area contributed by atoms with Gasteiger partial charge < -0.3 is 22.8 Å². The highest BCUT2D eigenvalue weighted by atomic mass is 15.2. The Morgan fingerprint density at radius 3 is 0.737 bits per heavy atom. The van der Waals surface area contributed by atoms with Crippen LogP contribution in [-0.4, -0.2) is 37.4 Å². The van der Waals surface area contributed by atoms with Crippen LogP contribution in [0.3, 0.4) is 0 Å². The first-order chi connectivity index (χ1) is 58.5. The molecule has 0 unspecified atom stereocenters. The van der Waals surface area contributed by atoms with Crippen molar-refractivity contribution in [3.05, 3.63) is 413 Å². The Hall–Kier alpha value is -15.9. The van der Waals surface area contributed by atoms with Crippen LogP contribution in [0.5, 0.6) is 0 Å². The third-order valence-electron chi connectivity index (χ3n) is 24.8. The zero-order valence-corrected chi connectivity index (χ0v) is 63.8. The van der Waals surface area contributed by atoms with Gasteiger partial charge in [-0.1, -0.05) is 249 Å². The molecule has 0 radical (unpaired) electrons. The van der Waals surface area contributed by atoms with Crippen molar-refractivity contribution < 1.29 is 0 Å². The molecule has 0 aliphatic rings. The number of nitrogens with zero attached hydrogens (tertiary/aromatic N) is 8. The highest BCUT2D eigenvalue weighted by Gasteiger charge is 2.25. The molecule has 118 heavy (non-hydrogen) atoms. The molecule has 0 fully saturated rings. The summed E-state index contributed by atoms with van der Waals surface area (Å²) < 4.78 is 14.4. The standard InChI is InChI=1S/C110H68N8/c1-5-25-78(26-6-1)113-97-40-19-14-34-83(97)92-61-69(48-56-101(92)113)73-44-52-87-88-53-45-74(70-49-57-102-93(62-70)84-35-15-20-41-98(84)114(102)79-27-7-2-8-28-79)66-106(88)117(105(87)65-73)82-33-23-24-77(60-82)109-91-38-13-18-39-96(91)111-110(112-109)118-107-67-75(71-50-58-103-94(63-71)85-36-16-21-42-99(85)115(103)80-29-9-3-10-30-80)46-54-89(107)90-55-47-76(68-108(90)118)72-51-59-104-95(64-72)86-37-17-22-43-100(86)116(104)81-31-11-4-12-32-81/h1-68H. The Kier molecular flexibility index (Phi) is 14.4. The third kappa shape index (κ3) is 10.0. The van der Waals surface area contributed by atoms with E-state index >= 15 is 0 Å². The van der Waals surface area contributed by atoms with Gasteiger partial charge in [-0.3, -0.25) is 4.57 Å². The first-order valence-corrected chi connectivity index (χ1v) is 40.4. The summed E-state index contributed by atoms with van der Waals surface area (Å²) in [7, 11) is 0. The van der Waals surface area contributed by atoms with Gasteiger partial charge in [0.2, 0.25) is 5.95 Å². The second-order valence-electron chi connectivity index (χ2n) is 31.2. The Labute approximate surface area is 677 Å². The van der Waals surface area contributed by atoms with Crippen LogP contribution in [0.1, 0.15) is 0 Å². The monoisotopic (exact) mass is 1500 g/mol. The molecule has 25 aromatic rings. The van der Waals surface area contributed by atoms with Gasteiger partial charge in [-0.05, 0) is 208 Å². The number of aromatic nitrogens is 8. The molecule has 0 bridgehead atoms. The number of rotatable bonds is 11. The van der Waals surface area contributed by atoms with Crippen LogP contribution in [0.15, 0.2) is 413 Å². The topological polar surface area (TPSA) is 55.4 Å². The molecule has 7 heterocycles. The Bertz CT molecular complexity index is 8060. The van der Waals surface area contributed by atoms with Gasteiger partial charge in [-0.2, -0.15) is 0 Å². The summed E-state index contributed by atoms with van der Waals surface area (Å²) in [6, 6.07) is 152. The molecule has 0 aliphatic heterocycles. The third-order valence-corrected chi connectivity index (χ3v) is 24.8. The van der Waals surface area contributed by atoms with Crippen molar-refractivity contribution in [1.82, 2.24) is 37.4 Å². The molecule has 7 aromatic heterocycles. The van der Waals surface area contributed by atoms with Crippen molar-refractivity contribution in [1.29, 1.82) is 0 Å². The van der Waals surface area contributed by atoms with Gasteiger partial charge in [0, 0.05) is 104 Å². The number of hydrogen-bond acceptors (Lipinski definition) is 2. The maximum atomic E-state index is 5.96. The minimum Gasteiger partial charge on any atom is -0.309 e. The Morgan fingerprint density at radius 1 is 0.136 bits per heavy atom. The van der Waals surface area contributed by atoms with Crippen LogP contribution in [0.4, 0.5) is 0 Å². The number of para-hydroxylation sites is 9. The van der Waals surface area contributed by atoms with Crippen molar-refractivity contribution in [2.45, 2.75) is 0 Å². The lowest BCUT2D eigenvalue weighted by atomic mass is 10.00. The average molecular weight is 1500 g/mol. The van der Waals surface area contributed by atoms with Crippen LogP contribution in [0.25, 0.3) is 232 Å². The smallest absolute Gasteiger partial charge is 0.235 e. The Morgan fingerprint density at radius 2 is 0.390 bits per heavy atom. The van der Waals surface area contributed by atoms with E-state index < -0.39 is 0 Å². The second kappa shape index (κ2) is 25.8. The molecule has 0 saturated heterocycles. The zero-order chi connectivity index (χ0) is 77.2. The lowest BCUT2D eigenvalue weighted by molar-refractivity contribution is 1.01. The lowest BCUT2D eigenvalue weighted by Crippen LogP contribution is -2.04. The molecular weight excluding hydrogens is 1430 g/mol. The fourth-order valence-corrected chi connectivity index (χ4v) is 19.5. The molecule has 548 valence electrons. The molecule has 0 spiro atoms. The molecule has 0 amide bonds. The van der Waals surface area contributed by atoms with E-state index in [0.29, 0.717) is 5.95 Å². The van der Waals surface area contributed by atoms with Crippen LogP contribution < -0.4 is 0 Å². The van der Waals surface area contributed by atoms with E-state index in [1.54, 1.807) is 0 Å². The average Bonchev–Trinajstić information content (AvgIpc) is 1.58. The first kappa shape index (κ1) is 65.6. The lowest BCUT2D eigenvalue weighted by Gasteiger charge is -2.15. The van der Waals surface area contributed by atoms with Crippen LogP contribution in [0.2, 0.25) is 0 Å². The zero-order valence-electron chi connectivity index (χ0n) is 63.8. The summed E-state index contributed by atoms with van der Waals surface area (Å²) in [4.78, 5) is 11.7. The largest absolute Gasteiger partial charge is 0.309 e. The molecule has 0 saturated carbocycles. The van der Waals surface area contributed by atoms with Crippen molar-refractivity contribution in [2.75, 3.05) is 0 Å². The van der Waals surface area contributed by atoms with E-state index in [0.717, 1.165) is 150 Å². The molecule has 0 atom stereocenters. The van der Waals surface area contributed by atoms with Crippen molar-refractivity contribution >= 4 is 142 Å². The van der Waals surface area contributed by atoms with Crippen molar-refractivity contribution in [3.63, 3.8) is 0 Å². The maximum Gasteiger partial charge on any atom is 0.235 e. The molecule has 8 nitrogen and oxygen atoms in total. The van der Waals surface area contributed by atoms with Gasteiger partial charge in [0.25, 0.3) is 0 Å². The molecule has 0 N–H and O–H groups in total. The SMILES string of the molecule is c1ccc(-n2c3ccccc3c3cc(-c4ccc5c6ccc(-c7ccc8c(c7)c7ccccc7n8-c7ccccc7)cc6n(-c6cccc(-c7nc(-n8c9cc(-c%10ccc%11c(c%10)c%10ccccc%10n%11-c%10ccccc%10)ccc9c9ccc(-c%10ccc%11c(c%10)c%10ccccc%10n%11-c%10ccccc%10)cc98)nc8ccccc78)c6)c5c4)ccc32)cc1. The van der Waals surface area contributed by atoms with Gasteiger partial charge >= 0.3 is 0 Å². The molecule has 8 heteroatoms. The summed E-state index contributed by atoms with van der Waals surface area (Å²) in [6.07, 6.45) is 0. The fraction of sp³-hybridized carbons (Fsp3) is 0. The molecular formula is C110H68N8. The van der Waals surface area contributed by atoms with Crippen LogP contribution in [0, 0.1) is 0 Å². The van der Waals surface area contributed by atoms with Gasteiger partial charge in [0.05, 0.1) is 77.4 Å². The minimum absolute atomic E-state index is 0.579. The molecule has 0 aliphatic carbocycles. The predicted molar refractivity (Wildman–Crippen MR) is 493 cm³/mol. The normalized spacial score (nSPS) is 12.1. The maximum absolute atomic E-state index is 5.96. The summed E-state index contributed by atoms with van der Waals surface area (Å²) in [5.41, 5.74) is 30.7. The van der Waals surface area contributed by atoms with E-state index in [-0.39, 0.29) is 0 Å². The molecule has 18 aromatic carbocycles. The highest BCUT2D eigenvalue weighted by Crippen LogP contribution is 2.46. The van der Waals surface area contributed by atoms with Gasteiger partial charge in [0.1, 0.15) is 0 Å². The number of hydrogen-bond donors (Lipinski definition) is 0. The minimum atomic E-state index is 0.579. The van der Waals surface area contributed by atoms with Crippen molar-refractivity contribution in [3.8, 4) is 90.2 Å².